The molecule has 1 aliphatic rings. The van der Waals surface area contributed by atoms with Crippen LogP contribution in [-0.2, 0) is 0 Å². The topological polar surface area (TPSA) is 45.9 Å². The van der Waals surface area contributed by atoms with Crippen LogP contribution >= 0.6 is 0 Å². The van der Waals surface area contributed by atoms with Crippen molar-refractivity contribution in [2.45, 2.75) is 64.5 Å². The second-order valence-electron chi connectivity index (χ2n) is 8.08. The summed E-state index contributed by atoms with van der Waals surface area (Å²) >= 11 is 0. The molecule has 1 aliphatic heterocycles. The number of ether oxygens (including phenoxy) is 1. The van der Waals surface area contributed by atoms with Gasteiger partial charge in [0.2, 0.25) is 0 Å². The molecular formula is C23H34N2O3. The molecule has 0 saturated carbocycles. The lowest BCUT2D eigenvalue weighted by atomic mass is 10.0. The number of carbonyl (C=O) groups is 1. The van der Waals surface area contributed by atoms with Gasteiger partial charge in [-0.05, 0) is 70.1 Å². The Kier molecular flexibility index (Phi) is 7.00. The number of rotatable bonds is 8. The maximum atomic E-state index is 12.9. The zero-order valence-electron chi connectivity index (χ0n) is 17.7. The molecule has 1 aromatic carbocycles. The lowest BCUT2D eigenvalue weighted by Crippen LogP contribution is -2.44. The summed E-state index contributed by atoms with van der Waals surface area (Å²) in [5.74, 6) is 1.22. The van der Waals surface area contributed by atoms with Crippen LogP contribution in [0, 0.1) is 0 Å². The van der Waals surface area contributed by atoms with E-state index < -0.39 is 0 Å². The Balaban J connectivity index is 1.72. The second-order valence-corrected chi connectivity index (χ2v) is 8.08. The number of carbonyl (C=O) groups excluding carboxylic acids is 1. The molecule has 1 saturated heterocycles. The normalized spacial score (nSPS) is 16.0. The fraction of sp³-hybridized carbons (Fsp3) is 0.609. The third-order valence-corrected chi connectivity index (χ3v) is 5.78. The van der Waals surface area contributed by atoms with E-state index in [1.54, 1.807) is 0 Å². The first kappa shape index (κ1) is 20.7. The van der Waals surface area contributed by atoms with Gasteiger partial charge in [0.1, 0.15) is 11.3 Å². The minimum Gasteiger partial charge on any atom is -0.490 e. The van der Waals surface area contributed by atoms with Crippen molar-refractivity contribution in [2.75, 3.05) is 27.2 Å². The third kappa shape index (κ3) is 4.88. The highest BCUT2D eigenvalue weighted by Gasteiger charge is 2.26. The van der Waals surface area contributed by atoms with Crippen LogP contribution in [0.2, 0.25) is 0 Å². The van der Waals surface area contributed by atoms with Crippen LogP contribution in [0.4, 0.5) is 0 Å². The summed E-state index contributed by atoms with van der Waals surface area (Å²) in [6.45, 7) is 6.42. The second kappa shape index (κ2) is 9.46. The van der Waals surface area contributed by atoms with Crippen LogP contribution in [-0.4, -0.2) is 55.0 Å². The van der Waals surface area contributed by atoms with E-state index in [0.717, 1.165) is 68.3 Å². The summed E-state index contributed by atoms with van der Waals surface area (Å²) in [4.78, 5) is 17.1. The van der Waals surface area contributed by atoms with E-state index >= 15 is 0 Å². The van der Waals surface area contributed by atoms with Crippen LogP contribution in [0.5, 0.6) is 5.75 Å². The Morgan fingerprint density at radius 2 is 1.89 bits per heavy atom. The summed E-state index contributed by atoms with van der Waals surface area (Å²) < 4.78 is 12.0. The predicted molar refractivity (Wildman–Crippen MR) is 113 cm³/mol. The molecule has 1 aromatic heterocycles. The van der Waals surface area contributed by atoms with Gasteiger partial charge in [0.25, 0.3) is 5.91 Å². The lowest BCUT2D eigenvalue weighted by molar-refractivity contribution is 0.0630. The SMILES string of the molecule is CCCC(CCC)Oc1ccc2oc(C(=O)N(C)C3CCN(C)CC3)cc2c1. The fourth-order valence-electron chi connectivity index (χ4n) is 4.02. The number of benzene rings is 1. The Bertz CT molecular complexity index is 771. The molecule has 1 fully saturated rings. The van der Waals surface area contributed by atoms with Crippen LogP contribution in [0.25, 0.3) is 11.0 Å². The molecule has 0 N–H and O–H groups in total. The van der Waals surface area contributed by atoms with Gasteiger partial charge in [-0.15, -0.1) is 0 Å². The molecule has 0 unspecified atom stereocenters. The minimum absolute atomic E-state index is 0.0388. The first-order chi connectivity index (χ1) is 13.5. The van der Waals surface area contributed by atoms with E-state index in [1.165, 1.54) is 0 Å². The zero-order chi connectivity index (χ0) is 20.1. The van der Waals surface area contributed by atoms with Gasteiger partial charge in [0, 0.05) is 18.5 Å². The van der Waals surface area contributed by atoms with Gasteiger partial charge in [-0.25, -0.2) is 0 Å². The zero-order valence-corrected chi connectivity index (χ0v) is 17.7. The molecule has 0 atom stereocenters. The van der Waals surface area contributed by atoms with Crippen molar-refractivity contribution in [1.29, 1.82) is 0 Å². The number of furan rings is 1. The largest absolute Gasteiger partial charge is 0.490 e. The molecule has 3 rings (SSSR count). The highest BCUT2D eigenvalue weighted by Crippen LogP contribution is 2.27. The fourth-order valence-corrected chi connectivity index (χ4v) is 4.02. The Morgan fingerprint density at radius 1 is 1.21 bits per heavy atom. The van der Waals surface area contributed by atoms with Crippen LogP contribution in [0.3, 0.4) is 0 Å². The molecule has 0 bridgehead atoms. The van der Waals surface area contributed by atoms with Crippen molar-refractivity contribution in [2.24, 2.45) is 0 Å². The molecule has 0 spiro atoms. The predicted octanol–water partition coefficient (Wildman–Crippen LogP) is 4.95. The van der Waals surface area contributed by atoms with Crippen LogP contribution in [0.1, 0.15) is 62.9 Å². The van der Waals surface area contributed by atoms with Crippen molar-refractivity contribution in [3.8, 4) is 5.75 Å². The molecular weight excluding hydrogens is 352 g/mol. The van der Waals surface area contributed by atoms with Gasteiger partial charge in [0.15, 0.2) is 5.76 Å². The molecule has 5 nitrogen and oxygen atoms in total. The number of fused-ring (bicyclic) bond motifs is 1. The lowest BCUT2D eigenvalue weighted by Gasteiger charge is -2.34. The standard InChI is InChI=1S/C23H34N2O3/c1-5-7-19(8-6-2)27-20-9-10-21-17(15-20)16-22(28-21)23(26)25(4)18-11-13-24(3)14-12-18/h9-10,15-16,18-19H,5-8,11-14H2,1-4H3. The molecule has 0 radical (unpaired) electrons. The maximum Gasteiger partial charge on any atom is 0.289 e. The molecule has 5 heteroatoms. The summed E-state index contributed by atoms with van der Waals surface area (Å²) in [5, 5.41) is 0.921. The van der Waals surface area contributed by atoms with Crippen molar-refractivity contribution in [1.82, 2.24) is 9.80 Å². The van der Waals surface area contributed by atoms with Gasteiger partial charge >= 0.3 is 0 Å². The first-order valence-electron chi connectivity index (χ1n) is 10.7. The average Bonchev–Trinajstić information content (AvgIpc) is 3.11. The van der Waals surface area contributed by atoms with E-state index in [-0.39, 0.29) is 18.1 Å². The highest BCUT2D eigenvalue weighted by molar-refractivity contribution is 5.96. The van der Waals surface area contributed by atoms with Gasteiger partial charge in [-0.1, -0.05) is 26.7 Å². The molecule has 0 aliphatic carbocycles. The minimum atomic E-state index is -0.0388. The molecule has 2 heterocycles. The summed E-state index contributed by atoms with van der Waals surface area (Å²) in [7, 11) is 4.02. The third-order valence-electron chi connectivity index (χ3n) is 5.78. The number of nitrogens with zero attached hydrogens (tertiary/aromatic N) is 2. The Hall–Kier alpha value is -2.01. The molecule has 28 heavy (non-hydrogen) atoms. The van der Waals surface area contributed by atoms with E-state index in [4.69, 9.17) is 9.15 Å². The quantitative estimate of drug-likeness (QED) is 0.644. The van der Waals surface area contributed by atoms with Crippen LogP contribution < -0.4 is 4.74 Å². The summed E-state index contributed by atoms with van der Waals surface area (Å²) in [6.07, 6.45) is 6.60. The Morgan fingerprint density at radius 3 is 2.54 bits per heavy atom. The number of amides is 1. The van der Waals surface area contributed by atoms with Crippen molar-refractivity contribution < 1.29 is 13.9 Å². The summed E-state index contributed by atoms with van der Waals surface area (Å²) in [6, 6.07) is 7.97. The van der Waals surface area contributed by atoms with Gasteiger partial charge < -0.3 is 19.0 Å². The Labute approximate surface area is 168 Å². The number of hydrogen-bond donors (Lipinski definition) is 0. The van der Waals surface area contributed by atoms with Gasteiger partial charge in [-0.3, -0.25) is 4.79 Å². The van der Waals surface area contributed by atoms with E-state index in [0.29, 0.717) is 5.76 Å². The number of hydrogen-bond acceptors (Lipinski definition) is 4. The van der Waals surface area contributed by atoms with E-state index in [9.17, 15) is 4.79 Å². The monoisotopic (exact) mass is 386 g/mol. The van der Waals surface area contributed by atoms with Crippen LogP contribution in [0.15, 0.2) is 28.7 Å². The van der Waals surface area contributed by atoms with Gasteiger partial charge in [-0.2, -0.15) is 0 Å². The van der Waals surface area contributed by atoms with Crippen molar-refractivity contribution >= 4 is 16.9 Å². The van der Waals surface area contributed by atoms with Gasteiger partial charge in [0.05, 0.1) is 6.10 Å². The molecule has 154 valence electrons. The van der Waals surface area contributed by atoms with E-state index in [1.807, 2.05) is 36.2 Å². The van der Waals surface area contributed by atoms with Crippen molar-refractivity contribution in [3.63, 3.8) is 0 Å². The average molecular weight is 387 g/mol. The van der Waals surface area contributed by atoms with E-state index in [2.05, 4.69) is 25.8 Å². The number of likely N-dealkylation sites (tertiary alicyclic amines) is 1. The smallest absolute Gasteiger partial charge is 0.289 e. The highest BCUT2D eigenvalue weighted by atomic mass is 16.5. The molecule has 1 amide bonds. The molecule has 2 aromatic rings. The number of piperidine rings is 1. The van der Waals surface area contributed by atoms with Crippen molar-refractivity contribution in [3.05, 3.63) is 30.0 Å². The first-order valence-corrected chi connectivity index (χ1v) is 10.7. The summed E-state index contributed by atoms with van der Waals surface area (Å²) in [5.41, 5.74) is 0.731. The maximum absolute atomic E-state index is 12.9.